The van der Waals surface area contributed by atoms with Gasteiger partial charge < -0.3 is 19.9 Å². The summed E-state index contributed by atoms with van der Waals surface area (Å²) in [7, 11) is 0. The van der Waals surface area contributed by atoms with Crippen molar-refractivity contribution in [3.8, 4) is 28.5 Å². The Morgan fingerprint density at radius 1 is 1.09 bits per heavy atom. The van der Waals surface area contributed by atoms with Gasteiger partial charge in [0.1, 0.15) is 10.4 Å². The maximum Gasteiger partial charge on any atom is 0.269 e. The molecule has 1 aromatic heterocycles. The molecule has 3 heterocycles. The zero-order valence-corrected chi connectivity index (χ0v) is 26.1. The first-order valence-electron chi connectivity index (χ1n) is 15.1. The predicted molar refractivity (Wildman–Crippen MR) is 170 cm³/mol. The van der Waals surface area contributed by atoms with Gasteiger partial charge in [-0.15, -0.1) is 4.31 Å². The fraction of sp³-hybridized carbons (Fsp3) is 0.441. The Labute approximate surface area is 258 Å². The highest BCUT2D eigenvalue weighted by Crippen LogP contribution is 2.45. The smallest absolute Gasteiger partial charge is 0.269 e. The van der Waals surface area contributed by atoms with Crippen LogP contribution >= 0.6 is 0 Å². The summed E-state index contributed by atoms with van der Waals surface area (Å²) in [5.41, 5.74) is 6.18. The molecule has 5 rings (SSSR count). The Morgan fingerprint density at radius 3 is 2.49 bits per heavy atom. The number of likely N-dealkylation sites (tertiary alicyclic amines) is 1. The molecule has 3 aromatic rings. The summed E-state index contributed by atoms with van der Waals surface area (Å²) in [4.78, 5) is 20.8. The Balaban J connectivity index is 1.53. The quantitative estimate of drug-likeness (QED) is 0.325. The van der Waals surface area contributed by atoms with Crippen LogP contribution < -0.4 is 5.32 Å². The standard InChI is InChI=1S/C34H41N5O3S/c1-34(2,3)43(42)39-23-28-21-29(33(41)36-15-18-38-16-5-4-6-17-38)37-32(31(28)30(39)14-19-40)27-9-7-8-26(20-27)25-12-10-24(22-35)11-13-25/h7-13,20-21,30,40H,4-6,14-19,23H2,1-3H3,(H,36,41)/t30-,43?/m1/s1. The fourth-order valence-electron chi connectivity index (χ4n) is 5.99. The maximum atomic E-state index is 13.7. The van der Waals surface area contributed by atoms with Crippen LogP contribution in [0, 0.1) is 11.3 Å². The van der Waals surface area contributed by atoms with E-state index in [0.717, 1.165) is 47.5 Å². The number of hydrogen-bond acceptors (Lipinski definition) is 7. The highest BCUT2D eigenvalue weighted by Gasteiger charge is 2.45. The zero-order valence-electron chi connectivity index (χ0n) is 25.3. The van der Waals surface area contributed by atoms with Gasteiger partial charge in [-0.1, -0.05) is 36.8 Å². The number of nitriles is 1. The predicted octanol–water partition coefficient (Wildman–Crippen LogP) is 5.20. The molecule has 2 atom stereocenters. The van der Waals surface area contributed by atoms with Gasteiger partial charge in [-0.2, -0.15) is 5.26 Å². The molecule has 1 fully saturated rings. The third-order valence-electron chi connectivity index (χ3n) is 8.17. The first-order valence-corrected chi connectivity index (χ1v) is 16.2. The molecule has 226 valence electrons. The number of piperidine rings is 1. The van der Waals surface area contributed by atoms with E-state index in [4.69, 9.17) is 4.98 Å². The Hall–Kier alpha value is -3.26. The van der Waals surface area contributed by atoms with Crippen molar-refractivity contribution in [2.24, 2.45) is 0 Å². The second-order valence-electron chi connectivity index (χ2n) is 12.3. The van der Waals surface area contributed by atoms with Crippen molar-refractivity contribution in [3.63, 3.8) is 0 Å². The Morgan fingerprint density at radius 2 is 1.81 bits per heavy atom. The normalized spacial score (nSPS) is 18.2. The SMILES string of the molecule is CC(C)(C)[S+]([O-])N1Cc2cc(C(=O)NCCN3CCCCC3)nc(-c3cccc(-c4ccc(C#N)cc4)c3)c2[C@H]1CCO. The van der Waals surface area contributed by atoms with Crippen LogP contribution in [0.1, 0.15) is 79.7 Å². The van der Waals surface area contributed by atoms with Crippen LogP contribution in [0.5, 0.6) is 0 Å². The first-order chi connectivity index (χ1) is 20.7. The van der Waals surface area contributed by atoms with Crippen LogP contribution in [-0.2, 0) is 17.9 Å². The number of amides is 1. The van der Waals surface area contributed by atoms with Crippen LogP contribution in [0.2, 0.25) is 0 Å². The number of fused-ring (bicyclic) bond motifs is 1. The molecule has 0 radical (unpaired) electrons. The summed E-state index contributed by atoms with van der Waals surface area (Å²) >= 11 is -1.34. The number of carbonyl (C=O) groups is 1. The van der Waals surface area contributed by atoms with Gasteiger partial charge in [0.05, 0.1) is 29.9 Å². The van der Waals surface area contributed by atoms with Crippen LogP contribution in [0.25, 0.3) is 22.4 Å². The molecule has 2 aromatic carbocycles. The minimum Gasteiger partial charge on any atom is -0.597 e. The minimum atomic E-state index is -1.34. The van der Waals surface area contributed by atoms with E-state index >= 15 is 0 Å². The van der Waals surface area contributed by atoms with Gasteiger partial charge in [-0.25, -0.2) is 4.98 Å². The summed E-state index contributed by atoms with van der Waals surface area (Å²) in [6, 6.07) is 19.1. The van der Waals surface area contributed by atoms with E-state index in [1.807, 2.05) is 67.5 Å². The number of aliphatic hydroxyl groups excluding tert-OH is 1. The lowest BCUT2D eigenvalue weighted by Gasteiger charge is -2.33. The van der Waals surface area contributed by atoms with E-state index in [9.17, 15) is 19.7 Å². The average Bonchev–Trinajstić information content (AvgIpc) is 3.38. The number of pyridine rings is 1. The van der Waals surface area contributed by atoms with E-state index in [-0.39, 0.29) is 18.6 Å². The lowest BCUT2D eigenvalue weighted by molar-refractivity contribution is 0.0941. The summed E-state index contributed by atoms with van der Waals surface area (Å²) in [5, 5.41) is 22.4. The van der Waals surface area contributed by atoms with Crippen molar-refractivity contribution < 1.29 is 14.5 Å². The second-order valence-corrected chi connectivity index (χ2v) is 14.5. The van der Waals surface area contributed by atoms with Crippen LogP contribution in [0.4, 0.5) is 0 Å². The Bertz CT molecular complexity index is 1470. The molecule has 1 saturated heterocycles. The summed E-state index contributed by atoms with van der Waals surface area (Å²) in [6.07, 6.45) is 4.07. The minimum absolute atomic E-state index is 0.0641. The van der Waals surface area contributed by atoms with Crippen molar-refractivity contribution in [1.29, 1.82) is 5.26 Å². The van der Waals surface area contributed by atoms with Crippen LogP contribution in [0.15, 0.2) is 54.6 Å². The van der Waals surface area contributed by atoms with E-state index in [2.05, 4.69) is 16.3 Å². The molecular weight excluding hydrogens is 558 g/mol. The number of hydrogen-bond donors (Lipinski definition) is 2. The fourth-order valence-corrected chi connectivity index (χ4v) is 7.39. The number of aliphatic hydroxyl groups is 1. The number of aromatic nitrogens is 1. The molecular formula is C34H41N5O3S. The van der Waals surface area contributed by atoms with Crippen LogP contribution in [0.3, 0.4) is 0 Å². The van der Waals surface area contributed by atoms with Gasteiger partial charge >= 0.3 is 0 Å². The third kappa shape index (κ3) is 7.11. The molecule has 0 bridgehead atoms. The highest BCUT2D eigenvalue weighted by atomic mass is 32.2. The van der Waals surface area contributed by atoms with Crippen molar-refractivity contribution in [1.82, 2.24) is 19.5 Å². The molecule has 0 aliphatic carbocycles. The van der Waals surface area contributed by atoms with Gasteiger partial charge in [0.2, 0.25) is 0 Å². The molecule has 2 aliphatic rings. The first kappa shape index (κ1) is 31.2. The maximum absolute atomic E-state index is 13.7. The van der Waals surface area contributed by atoms with Gasteiger partial charge in [-0.05, 0) is 94.1 Å². The van der Waals surface area contributed by atoms with Crippen LogP contribution in [-0.4, -0.2) is 67.3 Å². The van der Waals surface area contributed by atoms with Gasteiger partial charge in [0, 0.05) is 42.2 Å². The van der Waals surface area contributed by atoms with Crippen molar-refractivity contribution in [2.45, 2.75) is 63.8 Å². The number of carbonyl (C=O) groups excluding carboxylic acids is 1. The van der Waals surface area contributed by atoms with Crippen molar-refractivity contribution >= 4 is 17.3 Å². The largest absolute Gasteiger partial charge is 0.597 e. The molecule has 43 heavy (non-hydrogen) atoms. The number of rotatable bonds is 9. The lowest BCUT2D eigenvalue weighted by atomic mass is 9.94. The summed E-state index contributed by atoms with van der Waals surface area (Å²) in [6.45, 7) is 9.69. The zero-order chi connectivity index (χ0) is 30.6. The summed E-state index contributed by atoms with van der Waals surface area (Å²) in [5.74, 6) is -0.224. The van der Waals surface area contributed by atoms with E-state index in [1.165, 1.54) is 19.3 Å². The summed E-state index contributed by atoms with van der Waals surface area (Å²) < 4.78 is 15.1. The molecule has 9 heteroatoms. The second kappa shape index (κ2) is 13.6. The molecule has 2 N–H and O–H groups in total. The highest BCUT2D eigenvalue weighted by molar-refractivity contribution is 7.90. The van der Waals surface area contributed by atoms with Crippen molar-refractivity contribution in [3.05, 3.63) is 77.0 Å². The van der Waals surface area contributed by atoms with E-state index in [0.29, 0.717) is 36.5 Å². The van der Waals surface area contributed by atoms with Gasteiger partial charge in [0.25, 0.3) is 5.91 Å². The molecule has 2 aliphatic heterocycles. The monoisotopic (exact) mass is 599 g/mol. The van der Waals surface area contributed by atoms with Gasteiger partial charge in [0.15, 0.2) is 0 Å². The van der Waals surface area contributed by atoms with Gasteiger partial charge in [-0.3, -0.25) is 4.79 Å². The molecule has 8 nitrogen and oxygen atoms in total. The third-order valence-corrected chi connectivity index (χ3v) is 10.0. The molecule has 0 spiro atoms. The topological polar surface area (TPSA) is 116 Å². The van der Waals surface area contributed by atoms with Crippen molar-refractivity contribution in [2.75, 3.05) is 32.8 Å². The van der Waals surface area contributed by atoms with E-state index in [1.54, 1.807) is 12.1 Å². The number of benzene rings is 2. The molecule has 1 unspecified atom stereocenters. The average molecular weight is 600 g/mol. The number of nitrogens with one attached hydrogen (secondary N) is 1. The lowest BCUT2D eigenvalue weighted by Crippen LogP contribution is -2.42. The molecule has 0 saturated carbocycles. The number of nitrogens with zero attached hydrogens (tertiary/aromatic N) is 4. The Kier molecular flexibility index (Phi) is 9.85. The molecule has 1 amide bonds. The van der Waals surface area contributed by atoms with E-state index < -0.39 is 16.1 Å².